The van der Waals surface area contributed by atoms with Crippen LogP contribution >= 0.6 is 0 Å². The minimum atomic E-state index is 0.791. The summed E-state index contributed by atoms with van der Waals surface area (Å²) in [6.45, 7) is 5.81. The molecule has 1 aromatic heterocycles. The van der Waals surface area contributed by atoms with Crippen molar-refractivity contribution in [3.8, 4) is 0 Å². The highest BCUT2D eigenvalue weighted by atomic mass is 15.3. The van der Waals surface area contributed by atoms with Crippen LogP contribution in [-0.4, -0.2) is 35.3 Å². The lowest BCUT2D eigenvalue weighted by molar-refractivity contribution is 0.374. The molecule has 0 saturated carbocycles. The number of hydrogen-bond donors (Lipinski definition) is 1. The summed E-state index contributed by atoms with van der Waals surface area (Å²) in [5.74, 6) is 0.791. The van der Waals surface area contributed by atoms with E-state index in [9.17, 15) is 0 Å². The van der Waals surface area contributed by atoms with Gasteiger partial charge in [0.25, 0.3) is 0 Å². The van der Waals surface area contributed by atoms with Gasteiger partial charge in [0.2, 0.25) is 0 Å². The van der Waals surface area contributed by atoms with Crippen LogP contribution in [0.1, 0.15) is 11.3 Å². The number of nitrogens with zero attached hydrogens (tertiary/aromatic N) is 3. The summed E-state index contributed by atoms with van der Waals surface area (Å²) in [7, 11) is 4.08. The van der Waals surface area contributed by atoms with E-state index in [1.807, 2.05) is 32.6 Å². The van der Waals surface area contributed by atoms with Gasteiger partial charge in [-0.05, 0) is 27.9 Å². The molecule has 0 radical (unpaired) electrons. The molecule has 4 nitrogen and oxygen atoms in total. The predicted molar refractivity (Wildman–Crippen MR) is 54.7 cm³/mol. The molecule has 0 aliphatic carbocycles. The summed E-state index contributed by atoms with van der Waals surface area (Å²) in [5.41, 5.74) is 7.99. The van der Waals surface area contributed by atoms with Crippen LogP contribution in [0.5, 0.6) is 0 Å². The summed E-state index contributed by atoms with van der Waals surface area (Å²) >= 11 is 0. The lowest BCUT2D eigenvalue weighted by Gasteiger charge is -2.10. The summed E-state index contributed by atoms with van der Waals surface area (Å²) in [4.78, 5) is 2.12. The Labute approximate surface area is 79.3 Å². The van der Waals surface area contributed by atoms with E-state index in [0.717, 1.165) is 30.2 Å². The van der Waals surface area contributed by atoms with Crippen LogP contribution in [0.4, 0.5) is 5.82 Å². The van der Waals surface area contributed by atoms with Crippen LogP contribution in [0.25, 0.3) is 0 Å². The molecule has 0 amide bonds. The van der Waals surface area contributed by atoms with E-state index >= 15 is 0 Å². The van der Waals surface area contributed by atoms with Crippen molar-refractivity contribution >= 4 is 5.82 Å². The number of likely N-dealkylation sites (N-methyl/N-ethyl adjacent to an activating group) is 1. The lowest BCUT2D eigenvalue weighted by atomic mass is 10.3. The van der Waals surface area contributed by atoms with E-state index < -0.39 is 0 Å². The molecular formula is C9H18N4. The molecule has 1 aromatic rings. The molecule has 1 rings (SSSR count). The Hall–Kier alpha value is -1.03. The summed E-state index contributed by atoms with van der Waals surface area (Å²) < 4.78 is 1.87. The van der Waals surface area contributed by atoms with Gasteiger partial charge >= 0.3 is 0 Å². The van der Waals surface area contributed by atoms with Crippen molar-refractivity contribution in [3.05, 3.63) is 11.3 Å². The second-order valence-corrected chi connectivity index (χ2v) is 3.62. The molecule has 0 unspecified atom stereocenters. The smallest absolute Gasteiger partial charge is 0.124 e. The minimum absolute atomic E-state index is 0.791. The summed E-state index contributed by atoms with van der Waals surface area (Å²) in [6, 6.07) is 0. The van der Waals surface area contributed by atoms with Crippen molar-refractivity contribution < 1.29 is 0 Å². The first kappa shape index (κ1) is 10.1. The first-order chi connectivity index (χ1) is 6.02. The molecule has 0 aliphatic rings. The second-order valence-electron chi connectivity index (χ2n) is 3.62. The van der Waals surface area contributed by atoms with Gasteiger partial charge in [-0.15, -0.1) is 0 Å². The molecule has 2 N–H and O–H groups in total. The van der Waals surface area contributed by atoms with Gasteiger partial charge < -0.3 is 10.6 Å². The molecule has 0 aliphatic heterocycles. The van der Waals surface area contributed by atoms with Gasteiger partial charge in [-0.1, -0.05) is 0 Å². The van der Waals surface area contributed by atoms with Crippen molar-refractivity contribution in [2.24, 2.45) is 0 Å². The Morgan fingerprint density at radius 2 is 2.00 bits per heavy atom. The molecule has 0 atom stereocenters. The maximum atomic E-state index is 5.87. The minimum Gasteiger partial charge on any atom is -0.384 e. The molecule has 0 spiro atoms. The number of anilines is 1. The second kappa shape index (κ2) is 3.79. The van der Waals surface area contributed by atoms with E-state index in [1.54, 1.807) is 0 Å². The van der Waals surface area contributed by atoms with E-state index in [4.69, 9.17) is 5.73 Å². The van der Waals surface area contributed by atoms with Gasteiger partial charge in [0, 0.05) is 12.1 Å². The van der Waals surface area contributed by atoms with E-state index in [-0.39, 0.29) is 0 Å². The van der Waals surface area contributed by atoms with Gasteiger partial charge in [0.15, 0.2) is 0 Å². The zero-order valence-electron chi connectivity index (χ0n) is 8.83. The standard InChI is InChI=1S/C9H18N4/c1-7-8(2)11-13(9(7)10)6-5-12(3)4/h5-6,10H2,1-4H3. The van der Waals surface area contributed by atoms with E-state index in [0.29, 0.717) is 0 Å². The number of aromatic nitrogens is 2. The summed E-state index contributed by atoms with van der Waals surface area (Å²) in [6.07, 6.45) is 0. The molecule has 4 heteroatoms. The topological polar surface area (TPSA) is 47.1 Å². The molecule has 0 fully saturated rings. The maximum absolute atomic E-state index is 5.87. The van der Waals surface area contributed by atoms with Crippen molar-refractivity contribution in [3.63, 3.8) is 0 Å². The zero-order valence-corrected chi connectivity index (χ0v) is 8.83. The van der Waals surface area contributed by atoms with Crippen LogP contribution in [0.15, 0.2) is 0 Å². The summed E-state index contributed by atoms with van der Waals surface area (Å²) in [5, 5.41) is 4.35. The first-order valence-corrected chi connectivity index (χ1v) is 4.46. The fraction of sp³-hybridized carbons (Fsp3) is 0.667. The SMILES string of the molecule is Cc1nn(CCN(C)C)c(N)c1C. The highest BCUT2D eigenvalue weighted by Gasteiger charge is 2.07. The van der Waals surface area contributed by atoms with Crippen LogP contribution < -0.4 is 5.73 Å². The van der Waals surface area contributed by atoms with Gasteiger partial charge in [-0.25, -0.2) is 4.68 Å². The Morgan fingerprint density at radius 1 is 1.38 bits per heavy atom. The zero-order chi connectivity index (χ0) is 10.0. The molecule has 74 valence electrons. The highest BCUT2D eigenvalue weighted by molar-refractivity contribution is 5.41. The van der Waals surface area contributed by atoms with E-state index in [1.165, 1.54) is 0 Å². The van der Waals surface area contributed by atoms with Gasteiger partial charge in [-0.3, -0.25) is 0 Å². The Morgan fingerprint density at radius 3 is 2.38 bits per heavy atom. The predicted octanol–water partition coefficient (Wildman–Crippen LogP) is 0.644. The van der Waals surface area contributed by atoms with Crippen LogP contribution in [0.3, 0.4) is 0 Å². The average Bonchev–Trinajstić information content (AvgIpc) is 2.29. The van der Waals surface area contributed by atoms with Crippen molar-refractivity contribution in [2.75, 3.05) is 26.4 Å². The highest BCUT2D eigenvalue weighted by Crippen LogP contribution is 2.13. The Kier molecular flexibility index (Phi) is 2.93. The lowest BCUT2D eigenvalue weighted by Crippen LogP contribution is -2.20. The van der Waals surface area contributed by atoms with E-state index in [2.05, 4.69) is 10.00 Å². The maximum Gasteiger partial charge on any atom is 0.124 e. The third kappa shape index (κ3) is 2.21. The number of aryl methyl sites for hydroxylation is 1. The average molecular weight is 182 g/mol. The third-order valence-electron chi connectivity index (χ3n) is 2.23. The quantitative estimate of drug-likeness (QED) is 0.746. The van der Waals surface area contributed by atoms with Crippen molar-refractivity contribution in [2.45, 2.75) is 20.4 Å². The van der Waals surface area contributed by atoms with Crippen LogP contribution in [0.2, 0.25) is 0 Å². The number of rotatable bonds is 3. The normalized spacial score (nSPS) is 11.2. The van der Waals surface area contributed by atoms with Crippen LogP contribution in [0, 0.1) is 13.8 Å². The van der Waals surface area contributed by atoms with Crippen molar-refractivity contribution in [1.29, 1.82) is 0 Å². The molecule has 0 saturated heterocycles. The fourth-order valence-electron chi connectivity index (χ4n) is 1.15. The molecular weight excluding hydrogens is 164 g/mol. The molecule has 1 heterocycles. The number of nitrogens with two attached hydrogens (primary N) is 1. The fourth-order valence-corrected chi connectivity index (χ4v) is 1.15. The van der Waals surface area contributed by atoms with Gasteiger partial charge in [0.05, 0.1) is 12.2 Å². The monoisotopic (exact) mass is 182 g/mol. The number of hydrogen-bond acceptors (Lipinski definition) is 3. The van der Waals surface area contributed by atoms with Crippen molar-refractivity contribution in [1.82, 2.24) is 14.7 Å². The van der Waals surface area contributed by atoms with Crippen LogP contribution in [-0.2, 0) is 6.54 Å². The molecule has 13 heavy (non-hydrogen) atoms. The molecule has 0 aromatic carbocycles. The Bertz CT molecular complexity index is 288. The third-order valence-corrected chi connectivity index (χ3v) is 2.23. The number of nitrogen functional groups attached to an aromatic ring is 1. The largest absolute Gasteiger partial charge is 0.384 e. The molecule has 0 bridgehead atoms. The first-order valence-electron chi connectivity index (χ1n) is 4.46. The van der Waals surface area contributed by atoms with Gasteiger partial charge in [-0.2, -0.15) is 5.10 Å². The Balaban J connectivity index is 2.72. The van der Waals surface area contributed by atoms with Gasteiger partial charge in [0.1, 0.15) is 5.82 Å².